The second-order valence-electron chi connectivity index (χ2n) is 3.74. The number of aryl methyl sites for hydroxylation is 1. The first-order chi connectivity index (χ1) is 7.81. The molecule has 0 atom stereocenters. The first-order valence-corrected chi connectivity index (χ1v) is 6.04. The SMILES string of the molecule is Cc1nc(Cc2nc3ccccc3[nH]2)cs1. The van der Waals surface area contributed by atoms with Gasteiger partial charge in [0.15, 0.2) is 0 Å². The molecule has 4 heteroatoms. The molecule has 0 amide bonds. The quantitative estimate of drug-likeness (QED) is 0.734. The number of nitrogens with zero attached hydrogens (tertiary/aromatic N) is 2. The minimum Gasteiger partial charge on any atom is -0.342 e. The Morgan fingerprint density at radius 1 is 1.25 bits per heavy atom. The van der Waals surface area contributed by atoms with Gasteiger partial charge in [-0.25, -0.2) is 9.97 Å². The average molecular weight is 229 g/mol. The average Bonchev–Trinajstić information content (AvgIpc) is 2.84. The number of H-pyrrole nitrogens is 1. The zero-order chi connectivity index (χ0) is 11.0. The number of para-hydroxylation sites is 2. The molecule has 1 N–H and O–H groups in total. The molecule has 0 radical (unpaired) electrons. The Hall–Kier alpha value is -1.68. The molecule has 0 saturated carbocycles. The molecule has 0 bridgehead atoms. The fourth-order valence-corrected chi connectivity index (χ4v) is 2.36. The van der Waals surface area contributed by atoms with Gasteiger partial charge in [-0.3, -0.25) is 0 Å². The predicted octanol–water partition coefficient (Wildman–Crippen LogP) is 2.92. The molecule has 0 aliphatic rings. The monoisotopic (exact) mass is 229 g/mol. The van der Waals surface area contributed by atoms with Crippen molar-refractivity contribution < 1.29 is 0 Å². The Kier molecular flexibility index (Phi) is 2.22. The fourth-order valence-electron chi connectivity index (χ4n) is 1.75. The maximum atomic E-state index is 4.53. The highest BCUT2D eigenvalue weighted by Crippen LogP contribution is 2.15. The first kappa shape index (κ1) is 9.54. The van der Waals surface area contributed by atoms with Crippen LogP contribution in [0.5, 0.6) is 0 Å². The molecule has 2 heterocycles. The van der Waals surface area contributed by atoms with E-state index in [0.29, 0.717) is 0 Å². The summed E-state index contributed by atoms with van der Waals surface area (Å²) >= 11 is 1.68. The smallest absolute Gasteiger partial charge is 0.113 e. The molecular weight excluding hydrogens is 218 g/mol. The van der Waals surface area contributed by atoms with Crippen molar-refractivity contribution in [3.63, 3.8) is 0 Å². The molecule has 3 nitrogen and oxygen atoms in total. The van der Waals surface area contributed by atoms with Crippen molar-refractivity contribution in [3.8, 4) is 0 Å². The van der Waals surface area contributed by atoms with Crippen LogP contribution in [0.3, 0.4) is 0 Å². The van der Waals surface area contributed by atoms with E-state index in [4.69, 9.17) is 0 Å². The highest BCUT2D eigenvalue weighted by molar-refractivity contribution is 7.09. The van der Waals surface area contributed by atoms with Crippen molar-refractivity contribution >= 4 is 22.4 Å². The zero-order valence-electron chi connectivity index (χ0n) is 8.90. The Bertz CT molecular complexity index is 591. The largest absolute Gasteiger partial charge is 0.342 e. The normalized spacial score (nSPS) is 11.1. The fraction of sp³-hybridized carbons (Fsp3) is 0.167. The van der Waals surface area contributed by atoms with Crippen LogP contribution in [0, 0.1) is 6.92 Å². The van der Waals surface area contributed by atoms with E-state index in [-0.39, 0.29) is 0 Å². The third-order valence-corrected chi connectivity index (χ3v) is 3.28. The number of benzene rings is 1. The summed E-state index contributed by atoms with van der Waals surface area (Å²) in [6.07, 6.45) is 0.777. The van der Waals surface area contributed by atoms with Crippen molar-refractivity contribution in [1.29, 1.82) is 0 Å². The number of hydrogen-bond acceptors (Lipinski definition) is 3. The molecular formula is C12H11N3S. The van der Waals surface area contributed by atoms with Crippen molar-refractivity contribution in [2.24, 2.45) is 0 Å². The minimum atomic E-state index is 0.777. The van der Waals surface area contributed by atoms with Gasteiger partial charge in [0.2, 0.25) is 0 Å². The van der Waals surface area contributed by atoms with Crippen LogP contribution in [-0.4, -0.2) is 15.0 Å². The second-order valence-corrected chi connectivity index (χ2v) is 4.80. The lowest BCUT2D eigenvalue weighted by atomic mass is 10.3. The highest BCUT2D eigenvalue weighted by Gasteiger charge is 2.05. The van der Waals surface area contributed by atoms with E-state index in [1.807, 2.05) is 31.2 Å². The molecule has 0 saturated heterocycles. The summed E-state index contributed by atoms with van der Waals surface area (Å²) in [4.78, 5) is 12.3. The summed E-state index contributed by atoms with van der Waals surface area (Å²) in [5, 5.41) is 3.19. The van der Waals surface area contributed by atoms with Crippen molar-refractivity contribution in [3.05, 3.63) is 46.2 Å². The molecule has 16 heavy (non-hydrogen) atoms. The Morgan fingerprint density at radius 3 is 2.88 bits per heavy atom. The summed E-state index contributed by atoms with van der Waals surface area (Å²) in [6, 6.07) is 8.07. The topological polar surface area (TPSA) is 41.6 Å². The van der Waals surface area contributed by atoms with E-state index in [1.54, 1.807) is 11.3 Å². The minimum absolute atomic E-state index is 0.777. The Balaban J connectivity index is 1.95. The van der Waals surface area contributed by atoms with Crippen LogP contribution < -0.4 is 0 Å². The molecule has 80 valence electrons. The highest BCUT2D eigenvalue weighted by atomic mass is 32.1. The number of rotatable bonds is 2. The lowest BCUT2D eigenvalue weighted by Gasteiger charge is -1.90. The van der Waals surface area contributed by atoms with E-state index in [0.717, 1.165) is 34.0 Å². The van der Waals surface area contributed by atoms with Crippen LogP contribution in [0.2, 0.25) is 0 Å². The standard InChI is InChI=1S/C12H11N3S/c1-8-13-9(7-16-8)6-12-14-10-4-2-3-5-11(10)15-12/h2-5,7H,6H2,1H3,(H,14,15). The van der Waals surface area contributed by atoms with Crippen LogP contribution in [0.25, 0.3) is 11.0 Å². The van der Waals surface area contributed by atoms with Crippen molar-refractivity contribution in [2.75, 3.05) is 0 Å². The summed E-state index contributed by atoms with van der Waals surface area (Å²) in [5.41, 5.74) is 3.19. The predicted molar refractivity (Wildman–Crippen MR) is 65.8 cm³/mol. The van der Waals surface area contributed by atoms with Gasteiger partial charge in [0.25, 0.3) is 0 Å². The van der Waals surface area contributed by atoms with E-state index >= 15 is 0 Å². The zero-order valence-corrected chi connectivity index (χ0v) is 9.71. The summed E-state index contributed by atoms with van der Waals surface area (Å²) in [7, 11) is 0. The van der Waals surface area contributed by atoms with Gasteiger partial charge < -0.3 is 4.98 Å². The Morgan fingerprint density at radius 2 is 2.12 bits per heavy atom. The van der Waals surface area contributed by atoms with Gasteiger partial charge in [-0.2, -0.15) is 0 Å². The molecule has 0 spiro atoms. The maximum Gasteiger partial charge on any atom is 0.113 e. The van der Waals surface area contributed by atoms with Crippen LogP contribution in [0.15, 0.2) is 29.6 Å². The number of aromatic nitrogens is 3. The molecule has 1 aromatic carbocycles. The van der Waals surface area contributed by atoms with Crippen molar-refractivity contribution in [1.82, 2.24) is 15.0 Å². The van der Waals surface area contributed by atoms with Gasteiger partial charge in [0.05, 0.1) is 21.7 Å². The molecule has 0 fully saturated rings. The van der Waals surface area contributed by atoms with Crippen LogP contribution in [0.4, 0.5) is 0 Å². The van der Waals surface area contributed by atoms with E-state index in [9.17, 15) is 0 Å². The van der Waals surface area contributed by atoms with Crippen molar-refractivity contribution in [2.45, 2.75) is 13.3 Å². The lowest BCUT2D eigenvalue weighted by Crippen LogP contribution is -1.90. The third-order valence-electron chi connectivity index (χ3n) is 2.45. The summed E-state index contributed by atoms with van der Waals surface area (Å²) in [6.45, 7) is 2.02. The Labute approximate surface area is 97.2 Å². The van der Waals surface area contributed by atoms with Gasteiger partial charge in [-0.15, -0.1) is 11.3 Å². The van der Waals surface area contributed by atoms with Crippen LogP contribution in [-0.2, 0) is 6.42 Å². The molecule has 0 aliphatic heterocycles. The van der Waals surface area contributed by atoms with Crippen LogP contribution in [0.1, 0.15) is 16.5 Å². The third kappa shape index (κ3) is 1.72. The van der Waals surface area contributed by atoms with Gasteiger partial charge in [-0.05, 0) is 19.1 Å². The summed E-state index contributed by atoms with van der Waals surface area (Å²) in [5.74, 6) is 0.978. The van der Waals surface area contributed by atoms with E-state index in [2.05, 4.69) is 20.3 Å². The van der Waals surface area contributed by atoms with Gasteiger partial charge >= 0.3 is 0 Å². The van der Waals surface area contributed by atoms with Crippen LogP contribution >= 0.6 is 11.3 Å². The maximum absolute atomic E-state index is 4.53. The number of imidazole rings is 1. The molecule has 3 aromatic rings. The first-order valence-electron chi connectivity index (χ1n) is 5.16. The molecule has 3 rings (SSSR count). The second kappa shape index (κ2) is 3.72. The number of fused-ring (bicyclic) bond motifs is 1. The molecule has 2 aromatic heterocycles. The van der Waals surface area contributed by atoms with E-state index in [1.165, 1.54) is 0 Å². The number of aromatic amines is 1. The lowest BCUT2D eigenvalue weighted by molar-refractivity contribution is 0.992. The van der Waals surface area contributed by atoms with Gasteiger partial charge in [0.1, 0.15) is 5.82 Å². The van der Waals surface area contributed by atoms with Gasteiger partial charge in [-0.1, -0.05) is 12.1 Å². The number of thiazole rings is 1. The molecule has 0 aliphatic carbocycles. The number of hydrogen-bond donors (Lipinski definition) is 1. The van der Waals surface area contributed by atoms with Gasteiger partial charge in [0, 0.05) is 11.8 Å². The van der Waals surface area contributed by atoms with E-state index < -0.39 is 0 Å². The number of nitrogens with one attached hydrogen (secondary N) is 1. The molecule has 0 unspecified atom stereocenters. The summed E-state index contributed by atoms with van der Waals surface area (Å²) < 4.78 is 0.